The van der Waals surface area contributed by atoms with Crippen LogP contribution in [0.4, 0.5) is 32.0 Å². The standard InChI is InChI=1S/C15H13F6NO4/c16-14(17,18)8-4-9(15(19,20)21)6-10(5-8)22-12(23)7-26-13(24)11-2-1-3-25-11/h4-6,11H,1-3,7H2,(H,22,23). The Morgan fingerprint density at radius 2 is 1.65 bits per heavy atom. The highest BCUT2D eigenvalue weighted by molar-refractivity contribution is 5.93. The van der Waals surface area contributed by atoms with Crippen LogP contribution >= 0.6 is 0 Å². The molecule has 0 radical (unpaired) electrons. The smallest absolute Gasteiger partial charge is 0.416 e. The molecule has 0 aliphatic carbocycles. The first kappa shape index (κ1) is 20.0. The minimum Gasteiger partial charge on any atom is -0.454 e. The number of ether oxygens (including phenoxy) is 2. The molecule has 5 nitrogen and oxygen atoms in total. The third-order valence-corrected chi connectivity index (χ3v) is 3.41. The lowest BCUT2D eigenvalue weighted by molar-refractivity contribution is -0.156. The minimum atomic E-state index is -5.03. The van der Waals surface area contributed by atoms with Crippen LogP contribution in [-0.2, 0) is 31.4 Å². The van der Waals surface area contributed by atoms with E-state index in [0.29, 0.717) is 31.6 Å². The number of esters is 1. The fourth-order valence-electron chi connectivity index (χ4n) is 2.22. The molecule has 2 rings (SSSR count). The highest BCUT2D eigenvalue weighted by Gasteiger charge is 2.37. The molecule has 1 N–H and O–H groups in total. The minimum absolute atomic E-state index is 0.0624. The summed E-state index contributed by atoms with van der Waals surface area (Å²) in [5.74, 6) is -1.90. The molecule has 0 bridgehead atoms. The third-order valence-electron chi connectivity index (χ3n) is 3.41. The van der Waals surface area contributed by atoms with E-state index in [0.717, 1.165) is 0 Å². The van der Waals surface area contributed by atoms with E-state index in [-0.39, 0.29) is 6.07 Å². The summed E-state index contributed by atoms with van der Waals surface area (Å²) in [6.07, 6.45) is -9.85. The van der Waals surface area contributed by atoms with E-state index < -0.39 is 53.8 Å². The monoisotopic (exact) mass is 385 g/mol. The van der Waals surface area contributed by atoms with Gasteiger partial charge in [-0.25, -0.2) is 4.79 Å². The number of hydrogen-bond acceptors (Lipinski definition) is 4. The Bertz CT molecular complexity index is 647. The molecule has 1 aromatic carbocycles. The normalized spacial score (nSPS) is 17.8. The maximum atomic E-state index is 12.7. The van der Waals surface area contributed by atoms with Gasteiger partial charge in [0, 0.05) is 12.3 Å². The van der Waals surface area contributed by atoms with Crippen LogP contribution in [0.25, 0.3) is 0 Å². The van der Waals surface area contributed by atoms with E-state index >= 15 is 0 Å². The second kappa shape index (κ2) is 7.52. The summed E-state index contributed by atoms with van der Waals surface area (Å²) >= 11 is 0. The maximum Gasteiger partial charge on any atom is 0.416 e. The lowest BCUT2D eigenvalue weighted by Gasteiger charge is -2.15. The van der Waals surface area contributed by atoms with E-state index in [2.05, 4.69) is 4.74 Å². The van der Waals surface area contributed by atoms with Gasteiger partial charge < -0.3 is 14.8 Å². The first-order valence-corrected chi connectivity index (χ1v) is 7.34. The number of benzene rings is 1. The van der Waals surface area contributed by atoms with Crippen molar-refractivity contribution in [1.82, 2.24) is 0 Å². The van der Waals surface area contributed by atoms with Crippen LogP contribution in [0.2, 0.25) is 0 Å². The van der Waals surface area contributed by atoms with Crippen molar-refractivity contribution in [1.29, 1.82) is 0 Å². The number of alkyl halides is 6. The number of hydrogen-bond donors (Lipinski definition) is 1. The van der Waals surface area contributed by atoms with Gasteiger partial charge in [-0.05, 0) is 31.0 Å². The SMILES string of the molecule is O=C(COC(=O)C1CCCO1)Nc1cc(C(F)(F)F)cc(C(F)(F)F)c1. The number of rotatable bonds is 4. The Labute approximate surface area is 143 Å². The predicted octanol–water partition coefficient (Wildman–Crippen LogP) is 3.38. The summed E-state index contributed by atoms with van der Waals surface area (Å²) in [5.41, 5.74) is -3.86. The van der Waals surface area contributed by atoms with Crippen LogP contribution in [0.5, 0.6) is 0 Å². The molecule has 1 amide bonds. The summed E-state index contributed by atoms with van der Waals surface area (Å²) < 4.78 is 86.1. The fraction of sp³-hybridized carbons (Fsp3) is 0.467. The van der Waals surface area contributed by atoms with Crippen molar-refractivity contribution in [3.8, 4) is 0 Å². The second-order valence-corrected chi connectivity index (χ2v) is 5.45. The van der Waals surface area contributed by atoms with Gasteiger partial charge in [0.15, 0.2) is 12.7 Å². The fourth-order valence-corrected chi connectivity index (χ4v) is 2.22. The molecule has 1 aromatic rings. The summed E-state index contributed by atoms with van der Waals surface area (Å²) in [6.45, 7) is -0.507. The lowest BCUT2D eigenvalue weighted by atomic mass is 10.1. The Hall–Kier alpha value is -2.30. The number of halogens is 6. The molecule has 1 aliphatic heterocycles. The van der Waals surface area contributed by atoms with Crippen molar-refractivity contribution < 1.29 is 45.4 Å². The van der Waals surface area contributed by atoms with Crippen molar-refractivity contribution in [2.24, 2.45) is 0 Å². The zero-order valence-corrected chi connectivity index (χ0v) is 13.0. The van der Waals surface area contributed by atoms with E-state index in [9.17, 15) is 35.9 Å². The first-order chi connectivity index (χ1) is 12.0. The van der Waals surface area contributed by atoms with Gasteiger partial charge in [-0.2, -0.15) is 26.3 Å². The van der Waals surface area contributed by atoms with Gasteiger partial charge in [0.25, 0.3) is 5.91 Å². The van der Waals surface area contributed by atoms with Crippen LogP contribution in [-0.4, -0.2) is 31.2 Å². The van der Waals surface area contributed by atoms with Crippen LogP contribution in [0.15, 0.2) is 18.2 Å². The molecule has 1 saturated heterocycles. The molecule has 11 heteroatoms. The molecular formula is C15H13F6NO4. The number of nitrogens with one attached hydrogen (secondary N) is 1. The van der Waals surface area contributed by atoms with Crippen LogP contribution < -0.4 is 5.32 Å². The summed E-state index contributed by atoms with van der Waals surface area (Å²) in [4.78, 5) is 23.2. The zero-order valence-electron chi connectivity index (χ0n) is 13.0. The number of anilines is 1. The largest absolute Gasteiger partial charge is 0.454 e. The van der Waals surface area contributed by atoms with E-state index in [1.165, 1.54) is 0 Å². The molecule has 1 fully saturated rings. The number of carbonyl (C=O) groups excluding carboxylic acids is 2. The lowest BCUT2D eigenvalue weighted by Crippen LogP contribution is -2.27. The molecule has 26 heavy (non-hydrogen) atoms. The van der Waals surface area contributed by atoms with Crippen molar-refractivity contribution >= 4 is 17.6 Å². The maximum absolute atomic E-state index is 12.7. The van der Waals surface area contributed by atoms with Crippen molar-refractivity contribution in [2.75, 3.05) is 18.5 Å². The summed E-state index contributed by atoms with van der Waals surface area (Å²) in [5, 5.41) is 1.86. The molecule has 144 valence electrons. The quantitative estimate of drug-likeness (QED) is 0.638. The van der Waals surface area contributed by atoms with E-state index in [4.69, 9.17) is 4.74 Å². The van der Waals surface area contributed by atoms with Crippen LogP contribution in [0.1, 0.15) is 24.0 Å². The van der Waals surface area contributed by atoms with Crippen molar-refractivity contribution in [3.05, 3.63) is 29.3 Å². The molecule has 0 saturated carbocycles. The number of amides is 1. The van der Waals surface area contributed by atoms with E-state index in [1.54, 1.807) is 0 Å². The van der Waals surface area contributed by atoms with Gasteiger partial charge in [-0.1, -0.05) is 0 Å². The van der Waals surface area contributed by atoms with Crippen LogP contribution in [0, 0.1) is 0 Å². The van der Waals surface area contributed by atoms with Gasteiger partial charge in [-0.15, -0.1) is 0 Å². The Balaban J connectivity index is 2.07. The van der Waals surface area contributed by atoms with Crippen molar-refractivity contribution in [3.63, 3.8) is 0 Å². The molecule has 0 aromatic heterocycles. The van der Waals surface area contributed by atoms with Gasteiger partial charge in [0.2, 0.25) is 0 Å². The van der Waals surface area contributed by atoms with Gasteiger partial charge in [0.1, 0.15) is 0 Å². The molecule has 1 aliphatic rings. The van der Waals surface area contributed by atoms with Gasteiger partial charge >= 0.3 is 18.3 Å². The molecule has 1 atom stereocenters. The highest BCUT2D eigenvalue weighted by atomic mass is 19.4. The summed E-state index contributed by atoms with van der Waals surface area (Å²) in [7, 11) is 0. The molecular weight excluding hydrogens is 372 g/mol. The first-order valence-electron chi connectivity index (χ1n) is 7.34. The van der Waals surface area contributed by atoms with Gasteiger partial charge in [0.05, 0.1) is 11.1 Å². The molecule has 1 heterocycles. The second-order valence-electron chi connectivity index (χ2n) is 5.45. The zero-order chi connectivity index (χ0) is 19.5. The Kier molecular flexibility index (Phi) is 5.79. The number of carbonyl (C=O) groups is 2. The van der Waals surface area contributed by atoms with E-state index in [1.807, 2.05) is 5.32 Å². The van der Waals surface area contributed by atoms with Crippen LogP contribution in [0.3, 0.4) is 0 Å². The highest BCUT2D eigenvalue weighted by Crippen LogP contribution is 2.37. The Morgan fingerprint density at radius 3 is 2.12 bits per heavy atom. The topological polar surface area (TPSA) is 64.6 Å². The Morgan fingerprint density at radius 1 is 1.08 bits per heavy atom. The average molecular weight is 385 g/mol. The van der Waals surface area contributed by atoms with Gasteiger partial charge in [-0.3, -0.25) is 4.79 Å². The summed E-state index contributed by atoms with van der Waals surface area (Å²) in [6, 6.07) is 0.650. The molecule has 1 unspecified atom stereocenters. The predicted molar refractivity (Wildman–Crippen MR) is 75.0 cm³/mol. The third kappa shape index (κ3) is 5.35. The molecule has 0 spiro atoms. The van der Waals surface area contributed by atoms with Crippen molar-refractivity contribution in [2.45, 2.75) is 31.3 Å². The average Bonchev–Trinajstić information content (AvgIpc) is 3.05.